The van der Waals surface area contributed by atoms with Crippen molar-refractivity contribution in [2.24, 2.45) is 0 Å². The third-order valence-electron chi connectivity index (χ3n) is 10.2. The molecule has 0 aliphatic heterocycles. The molecule has 0 amide bonds. The van der Waals surface area contributed by atoms with Crippen LogP contribution >= 0.6 is 0 Å². The first-order valence-corrected chi connectivity index (χ1v) is 18.7. The number of fused-ring (bicyclic) bond motifs is 3. The molecule has 9 nitrogen and oxygen atoms in total. The molecule has 0 saturated heterocycles. The Bertz CT molecular complexity index is 2790. The lowest BCUT2D eigenvalue weighted by molar-refractivity contribution is 1.07. The van der Waals surface area contributed by atoms with Crippen molar-refractivity contribution in [1.29, 1.82) is 0 Å². The molecule has 0 aliphatic carbocycles. The number of benzene rings is 3. The van der Waals surface area contributed by atoms with Crippen LogP contribution in [-0.2, 0) is 0 Å². The molecule has 10 aromatic rings. The third kappa shape index (κ3) is 6.40. The molecule has 7 aromatic heterocycles. The van der Waals surface area contributed by atoms with Crippen molar-refractivity contribution < 1.29 is 0 Å². The van der Waals surface area contributed by atoms with Gasteiger partial charge in [-0.05, 0) is 92.1 Å². The van der Waals surface area contributed by atoms with Crippen LogP contribution in [0.5, 0.6) is 0 Å². The second-order valence-electron chi connectivity index (χ2n) is 14.1. The Kier molecular flexibility index (Phi) is 8.26. The molecule has 0 unspecified atom stereocenters. The number of aromatic nitrogens is 9. The first kappa shape index (κ1) is 33.9. The Hall–Kier alpha value is -7.65. The number of pyridine rings is 6. The summed E-state index contributed by atoms with van der Waals surface area (Å²) in [6.45, 7) is 5.98. The van der Waals surface area contributed by atoms with E-state index in [0.717, 1.165) is 100 Å². The first-order valence-electron chi connectivity index (χ1n) is 18.7. The molecule has 3 aromatic carbocycles. The molecule has 7 heterocycles. The molecule has 0 atom stereocenters. The van der Waals surface area contributed by atoms with Crippen molar-refractivity contribution in [2.45, 2.75) is 20.8 Å². The summed E-state index contributed by atoms with van der Waals surface area (Å²) >= 11 is 0. The van der Waals surface area contributed by atoms with Crippen LogP contribution in [0.2, 0.25) is 0 Å². The lowest BCUT2D eigenvalue weighted by Crippen LogP contribution is -2.00. The SMILES string of the molecule is Cc1ccc2nccc(-c3ccc(-c4nc(-c5ccc(-c6ccnc7ccc(C)nc67)cc5)nc(-c5ccc(-c6ccnc7ccc(C)nc67)cc5)n4)cc3)c2n1. The lowest BCUT2D eigenvalue weighted by Gasteiger charge is -2.11. The standard InChI is InChI=1S/C48H33N9/c1-28-4-19-40-43(52-28)37(22-25-49-40)31-7-13-34(14-8-31)46-55-47(35-15-9-32(10-16-35)38-23-26-50-41-20-5-29(2)53-44(38)41)57-48(56-46)36-17-11-33(12-18-36)39-24-27-51-42-21-6-30(3)54-45(39)42/h4-27H,1-3H3. The zero-order chi connectivity index (χ0) is 38.5. The molecule has 0 N–H and O–H groups in total. The molecule has 0 aliphatic rings. The Morgan fingerprint density at radius 2 is 0.526 bits per heavy atom. The number of nitrogens with zero attached hydrogens (tertiary/aromatic N) is 9. The van der Waals surface area contributed by atoms with Crippen molar-refractivity contribution >= 4 is 33.1 Å². The molecule has 0 saturated carbocycles. The topological polar surface area (TPSA) is 116 Å². The van der Waals surface area contributed by atoms with Gasteiger partial charge in [0, 0.05) is 69.1 Å². The van der Waals surface area contributed by atoms with Gasteiger partial charge in [0.1, 0.15) is 0 Å². The molecular formula is C48H33N9. The van der Waals surface area contributed by atoms with Gasteiger partial charge in [0.2, 0.25) is 0 Å². The van der Waals surface area contributed by atoms with E-state index in [2.05, 4.69) is 87.7 Å². The van der Waals surface area contributed by atoms with Gasteiger partial charge in [-0.2, -0.15) is 0 Å². The fraction of sp³-hybridized carbons (Fsp3) is 0.0625. The van der Waals surface area contributed by atoms with Gasteiger partial charge in [0.05, 0.1) is 33.1 Å². The van der Waals surface area contributed by atoms with Crippen molar-refractivity contribution in [3.8, 4) is 67.5 Å². The molecule has 270 valence electrons. The van der Waals surface area contributed by atoms with Crippen molar-refractivity contribution in [3.05, 3.63) is 163 Å². The Morgan fingerprint density at radius 1 is 0.263 bits per heavy atom. The fourth-order valence-electron chi connectivity index (χ4n) is 7.23. The maximum absolute atomic E-state index is 5.05. The second kappa shape index (κ2) is 13.9. The van der Waals surface area contributed by atoms with Crippen LogP contribution in [0.15, 0.2) is 146 Å². The predicted octanol–water partition coefficient (Wildman–Crippen LogP) is 10.6. The summed E-state index contributed by atoms with van der Waals surface area (Å²) in [4.78, 5) is 43.1. The van der Waals surface area contributed by atoms with E-state index in [9.17, 15) is 0 Å². The van der Waals surface area contributed by atoms with Gasteiger partial charge in [-0.3, -0.25) is 29.9 Å². The highest BCUT2D eigenvalue weighted by atomic mass is 15.0. The summed E-state index contributed by atoms with van der Waals surface area (Å²) in [7, 11) is 0. The lowest BCUT2D eigenvalue weighted by atomic mass is 10.0. The molecule has 10 rings (SSSR count). The smallest absolute Gasteiger partial charge is 0.164 e. The van der Waals surface area contributed by atoms with Crippen LogP contribution in [0, 0.1) is 20.8 Å². The quantitative estimate of drug-likeness (QED) is 0.164. The predicted molar refractivity (Wildman–Crippen MR) is 226 cm³/mol. The average molecular weight is 736 g/mol. The van der Waals surface area contributed by atoms with Crippen molar-refractivity contribution in [2.75, 3.05) is 0 Å². The zero-order valence-electron chi connectivity index (χ0n) is 31.4. The first-order chi connectivity index (χ1) is 27.9. The van der Waals surface area contributed by atoms with E-state index in [1.54, 1.807) is 0 Å². The van der Waals surface area contributed by atoms with E-state index in [4.69, 9.17) is 29.9 Å². The van der Waals surface area contributed by atoms with Crippen LogP contribution < -0.4 is 0 Å². The maximum Gasteiger partial charge on any atom is 0.164 e. The van der Waals surface area contributed by atoms with E-state index in [1.165, 1.54) is 0 Å². The summed E-state index contributed by atoms with van der Waals surface area (Å²) in [5.74, 6) is 1.72. The highest BCUT2D eigenvalue weighted by molar-refractivity contribution is 5.93. The summed E-state index contributed by atoms with van der Waals surface area (Å²) in [6, 6.07) is 42.9. The Morgan fingerprint density at radius 3 is 0.807 bits per heavy atom. The molecule has 0 spiro atoms. The summed E-state index contributed by atoms with van der Waals surface area (Å²) in [6.07, 6.45) is 5.48. The number of rotatable bonds is 6. The zero-order valence-corrected chi connectivity index (χ0v) is 31.4. The minimum absolute atomic E-state index is 0.572. The highest BCUT2D eigenvalue weighted by Gasteiger charge is 2.16. The second-order valence-corrected chi connectivity index (χ2v) is 14.1. The van der Waals surface area contributed by atoms with Gasteiger partial charge in [0.15, 0.2) is 17.5 Å². The molecule has 57 heavy (non-hydrogen) atoms. The van der Waals surface area contributed by atoms with Crippen LogP contribution in [0.1, 0.15) is 17.1 Å². The van der Waals surface area contributed by atoms with Gasteiger partial charge in [-0.15, -0.1) is 0 Å². The Balaban J connectivity index is 1.06. The minimum Gasteiger partial charge on any atom is -0.255 e. The van der Waals surface area contributed by atoms with Gasteiger partial charge >= 0.3 is 0 Å². The maximum atomic E-state index is 5.05. The van der Waals surface area contributed by atoms with E-state index >= 15 is 0 Å². The van der Waals surface area contributed by atoms with Crippen LogP contribution in [0.25, 0.3) is 101 Å². The highest BCUT2D eigenvalue weighted by Crippen LogP contribution is 2.33. The molecule has 9 heteroatoms. The van der Waals surface area contributed by atoms with E-state index in [0.29, 0.717) is 17.5 Å². The van der Waals surface area contributed by atoms with Crippen LogP contribution in [0.4, 0.5) is 0 Å². The Labute approximate surface area is 328 Å². The van der Waals surface area contributed by atoms with Crippen LogP contribution in [-0.4, -0.2) is 44.9 Å². The summed E-state index contributed by atoms with van der Waals surface area (Å²) < 4.78 is 0. The van der Waals surface area contributed by atoms with E-state index in [-0.39, 0.29) is 0 Å². The third-order valence-corrected chi connectivity index (χ3v) is 10.2. The van der Waals surface area contributed by atoms with Gasteiger partial charge in [-0.1, -0.05) is 72.8 Å². The van der Waals surface area contributed by atoms with Gasteiger partial charge < -0.3 is 0 Å². The van der Waals surface area contributed by atoms with Gasteiger partial charge in [-0.25, -0.2) is 15.0 Å². The fourth-order valence-corrected chi connectivity index (χ4v) is 7.23. The summed E-state index contributed by atoms with van der Waals surface area (Å²) in [5, 5.41) is 0. The molecule has 0 radical (unpaired) electrons. The number of aryl methyl sites for hydroxylation is 3. The number of hydrogen-bond donors (Lipinski definition) is 0. The average Bonchev–Trinajstić information content (AvgIpc) is 3.26. The van der Waals surface area contributed by atoms with E-state index in [1.807, 2.05) is 94.0 Å². The van der Waals surface area contributed by atoms with E-state index < -0.39 is 0 Å². The number of hydrogen-bond acceptors (Lipinski definition) is 9. The largest absolute Gasteiger partial charge is 0.255 e. The molecule has 0 bridgehead atoms. The van der Waals surface area contributed by atoms with Gasteiger partial charge in [0.25, 0.3) is 0 Å². The van der Waals surface area contributed by atoms with Crippen LogP contribution in [0.3, 0.4) is 0 Å². The summed E-state index contributed by atoms with van der Waals surface area (Å²) in [5.41, 5.74) is 16.8. The normalized spacial score (nSPS) is 11.4. The van der Waals surface area contributed by atoms with Crippen molar-refractivity contribution in [1.82, 2.24) is 44.9 Å². The monoisotopic (exact) mass is 735 g/mol. The molecular weight excluding hydrogens is 703 g/mol. The minimum atomic E-state index is 0.572. The van der Waals surface area contributed by atoms with Crippen molar-refractivity contribution in [3.63, 3.8) is 0 Å². The molecule has 0 fully saturated rings.